The normalized spacial score (nSPS) is 10.7. The van der Waals surface area contributed by atoms with Crippen molar-refractivity contribution < 1.29 is 24.0 Å². The number of aryl methyl sites for hydroxylation is 4. The Hall–Kier alpha value is -5.98. The second kappa shape index (κ2) is 14.0. The molecule has 4 heterocycles. The molecule has 4 aromatic rings. The Morgan fingerprint density at radius 1 is 0.787 bits per heavy atom. The van der Waals surface area contributed by atoms with Crippen LogP contribution in [-0.4, -0.2) is 70.4 Å². The van der Waals surface area contributed by atoms with Gasteiger partial charge in [-0.1, -0.05) is 6.58 Å². The molecular weight excluding hydrogens is 678 g/mol. The van der Waals surface area contributed by atoms with Crippen LogP contribution in [0.5, 0.6) is 0 Å². The lowest BCUT2D eigenvalue weighted by molar-refractivity contribution is -0.112. The molecule has 4 rings (SSSR count). The Labute approximate surface area is 276 Å². The second-order valence-electron chi connectivity index (χ2n) is 10.3. The largest absolute Gasteiger partial charge is 0.388 e. The van der Waals surface area contributed by atoms with Gasteiger partial charge in [0.25, 0.3) is 29.5 Å². The molecular formula is C28H32BrN13O5. The highest BCUT2D eigenvalue weighted by Crippen LogP contribution is 2.20. The summed E-state index contributed by atoms with van der Waals surface area (Å²) in [5.41, 5.74) is 6.55. The first-order valence-electron chi connectivity index (χ1n) is 13.7. The molecule has 0 aliphatic carbocycles. The van der Waals surface area contributed by atoms with Crippen molar-refractivity contribution in [2.45, 2.75) is 6.42 Å². The van der Waals surface area contributed by atoms with Crippen molar-refractivity contribution >= 4 is 74.3 Å². The highest BCUT2D eigenvalue weighted by molar-refractivity contribution is 9.12. The maximum Gasteiger partial charge on any atom is 0.291 e. The van der Waals surface area contributed by atoms with Gasteiger partial charge >= 0.3 is 0 Å². The molecule has 8 N–H and O–H groups in total. The van der Waals surface area contributed by atoms with Gasteiger partial charge in [-0.15, -0.1) is 0 Å². The minimum atomic E-state index is -0.574. The van der Waals surface area contributed by atoms with E-state index < -0.39 is 29.5 Å². The highest BCUT2D eigenvalue weighted by Gasteiger charge is 2.21. The topological polar surface area (TPSA) is 241 Å². The van der Waals surface area contributed by atoms with Crippen LogP contribution >= 0.6 is 15.9 Å². The summed E-state index contributed by atoms with van der Waals surface area (Å²) in [6.07, 6.45) is 4.76. The molecule has 0 unspecified atom stereocenters. The number of nitrogens with two attached hydrogens (primary N) is 1. The maximum absolute atomic E-state index is 13.1. The van der Waals surface area contributed by atoms with E-state index in [1.54, 1.807) is 40.6 Å². The molecule has 0 aliphatic rings. The predicted octanol–water partition coefficient (Wildman–Crippen LogP) is 1.49. The van der Waals surface area contributed by atoms with E-state index in [9.17, 15) is 24.0 Å². The van der Waals surface area contributed by atoms with E-state index in [-0.39, 0.29) is 57.8 Å². The third kappa shape index (κ3) is 8.19. The molecule has 47 heavy (non-hydrogen) atoms. The van der Waals surface area contributed by atoms with Crippen LogP contribution in [0.2, 0.25) is 0 Å². The molecule has 0 aromatic carbocycles. The van der Waals surface area contributed by atoms with Gasteiger partial charge in [0.05, 0.1) is 21.7 Å². The number of carbonyl (C=O) groups excluding carboxylic acids is 5. The first kappa shape index (κ1) is 33.9. The van der Waals surface area contributed by atoms with Crippen LogP contribution < -0.4 is 32.3 Å². The first-order valence-corrected chi connectivity index (χ1v) is 14.5. The average Bonchev–Trinajstić information content (AvgIpc) is 3.73. The number of hydrogen-bond donors (Lipinski definition) is 7. The molecule has 0 spiro atoms. The van der Waals surface area contributed by atoms with E-state index in [2.05, 4.69) is 59.2 Å². The van der Waals surface area contributed by atoms with Gasteiger partial charge < -0.3 is 46.0 Å². The summed E-state index contributed by atoms with van der Waals surface area (Å²) in [7, 11) is 6.38. The van der Waals surface area contributed by atoms with Crippen LogP contribution in [0.3, 0.4) is 0 Å². The van der Waals surface area contributed by atoms with Crippen molar-refractivity contribution in [1.82, 2.24) is 33.8 Å². The Morgan fingerprint density at radius 3 is 1.94 bits per heavy atom. The Balaban J connectivity index is 1.38. The van der Waals surface area contributed by atoms with E-state index in [1.807, 2.05) is 0 Å². The molecule has 18 nitrogen and oxygen atoms in total. The lowest BCUT2D eigenvalue weighted by Crippen LogP contribution is -2.29. The SMILES string of the molecule is C=C(Br)C(=O)Nc1cn(C)c(C(=O)Nc2cc(C(=O)Nc3cc(C(=O)Nc4cc(C(=O)NCCC(=N)N)n(C)n4)n(C)c3)n(C)c2)n1. The van der Waals surface area contributed by atoms with Gasteiger partial charge in [-0.25, -0.2) is 4.98 Å². The molecule has 0 saturated heterocycles. The van der Waals surface area contributed by atoms with Gasteiger partial charge in [0, 0.05) is 65.8 Å². The number of rotatable bonds is 12. The van der Waals surface area contributed by atoms with Gasteiger partial charge in [-0.05, 0) is 28.1 Å². The third-order valence-electron chi connectivity index (χ3n) is 6.59. The average molecular weight is 711 g/mol. The molecule has 19 heteroatoms. The number of imidazole rings is 1. The fraction of sp³-hybridized carbons (Fsp3) is 0.214. The smallest absolute Gasteiger partial charge is 0.291 e. The lowest BCUT2D eigenvalue weighted by atomic mass is 10.3. The zero-order valence-electron chi connectivity index (χ0n) is 25.8. The van der Waals surface area contributed by atoms with E-state index in [4.69, 9.17) is 11.1 Å². The molecule has 246 valence electrons. The van der Waals surface area contributed by atoms with Gasteiger partial charge in [0.2, 0.25) is 5.82 Å². The highest BCUT2D eigenvalue weighted by atomic mass is 79.9. The first-order chi connectivity index (χ1) is 22.1. The van der Waals surface area contributed by atoms with Gasteiger partial charge in [0.1, 0.15) is 17.1 Å². The van der Waals surface area contributed by atoms with Crippen LogP contribution in [0.4, 0.5) is 23.0 Å². The number of halogens is 1. The monoisotopic (exact) mass is 709 g/mol. The number of amidine groups is 1. The van der Waals surface area contributed by atoms with Crippen LogP contribution in [0.15, 0.2) is 47.9 Å². The Kier molecular flexibility index (Phi) is 10.1. The minimum Gasteiger partial charge on any atom is -0.388 e. The standard InChI is InChI=1S/C28H32BrN13O5/c1-14(29)24(43)37-22-13-41(4)23(35-22)28(47)34-16-9-17(39(2)12-16)26(45)33-15-8-18(40(3)11-15)27(46)36-21-10-19(42(5)38-21)25(44)32-7-6-20(30)31/h8-13H,1,6-7H2,2-5H3,(H3,30,31)(H,32,44)(H,33,45)(H,34,47)(H,37,43)(H,36,38,46). The predicted molar refractivity (Wildman–Crippen MR) is 177 cm³/mol. The summed E-state index contributed by atoms with van der Waals surface area (Å²) in [5, 5.41) is 24.6. The number of anilines is 4. The second-order valence-corrected chi connectivity index (χ2v) is 11.3. The van der Waals surface area contributed by atoms with E-state index in [0.717, 1.165) is 0 Å². The van der Waals surface area contributed by atoms with Crippen LogP contribution in [-0.2, 0) is 33.0 Å². The summed E-state index contributed by atoms with van der Waals surface area (Å²) >= 11 is 2.98. The summed E-state index contributed by atoms with van der Waals surface area (Å²) in [5.74, 6) is -2.31. The van der Waals surface area contributed by atoms with E-state index >= 15 is 0 Å². The molecule has 0 radical (unpaired) electrons. The van der Waals surface area contributed by atoms with Crippen molar-refractivity contribution in [3.63, 3.8) is 0 Å². The number of amides is 5. The summed E-state index contributed by atoms with van der Waals surface area (Å²) in [6, 6.07) is 4.35. The Bertz CT molecular complexity index is 1930. The van der Waals surface area contributed by atoms with Crippen LogP contribution in [0, 0.1) is 5.41 Å². The molecule has 0 aliphatic heterocycles. The van der Waals surface area contributed by atoms with Gasteiger partial charge in [0.15, 0.2) is 11.6 Å². The third-order valence-corrected chi connectivity index (χ3v) is 6.95. The fourth-order valence-electron chi connectivity index (χ4n) is 4.34. The summed E-state index contributed by atoms with van der Waals surface area (Å²) in [4.78, 5) is 67.4. The van der Waals surface area contributed by atoms with Gasteiger partial charge in [-0.2, -0.15) is 5.10 Å². The number of nitrogens with one attached hydrogen (secondary N) is 6. The van der Waals surface area contributed by atoms with E-state index in [1.165, 1.54) is 42.8 Å². The van der Waals surface area contributed by atoms with Crippen LogP contribution in [0.1, 0.15) is 48.5 Å². The molecule has 5 amide bonds. The number of hydrogen-bond acceptors (Lipinski definition) is 8. The van der Waals surface area contributed by atoms with Gasteiger partial charge in [-0.3, -0.25) is 34.1 Å². The van der Waals surface area contributed by atoms with E-state index in [0.29, 0.717) is 11.4 Å². The molecule has 0 atom stereocenters. The zero-order valence-corrected chi connectivity index (χ0v) is 27.4. The van der Waals surface area contributed by atoms with Crippen molar-refractivity contribution in [3.05, 3.63) is 70.8 Å². The van der Waals surface area contributed by atoms with Crippen molar-refractivity contribution in [1.29, 1.82) is 5.41 Å². The number of aromatic nitrogens is 6. The fourth-order valence-corrected chi connectivity index (χ4v) is 4.44. The van der Waals surface area contributed by atoms with Crippen molar-refractivity contribution in [2.24, 2.45) is 33.9 Å². The molecule has 0 fully saturated rings. The van der Waals surface area contributed by atoms with Crippen molar-refractivity contribution in [2.75, 3.05) is 27.8 Å². The maximum atomic E-state index is 13.1. The quantitative estimate of drug-likeness (QED) is 0.0644. The summed E-state index contributed by atoms with van der Waals surface area (Å²) < 4.78 is 5.87. The minimum absolute atomic E-state index is 0.0142. The lowest BCUT2D eigenvalue weighted by Gasteiger charge is -2.03. The molecule has 0 saturated carbocycles. The van der Waals surface area contributed by atoms with Crippen LogP contribution in [0.25, 0.3) is 0 Å². The zero-order chi connectivity index (χ0) is 34.6. The molecule has 0 bridgehead atoms. The summed E-state index contributed by atoms with van der Waals surface area (Å²) in [6.45, 7) is 3.67. The van der Waals surface area contributed by atoms with Crippen molar-refractivity contribution in [3.8, 4) is 0 Å². The Morgan fingerprint density at radius 2 is 1.36 bits per heavy atom. The number of nitrogens with zero attached hydrogens (tertiary/aromatic N) is 6. The molecule has 4 aromatic heterocycles. The number of carbonyl (C=O) groups is 5.